The maximum atomic E-state index is 12.6. The molecule has 7 nitrogen and oxygen atoms in total. The lowest BCUT2D eigenvalue weighted by Crippen LogP contribution is -2.46. The summed E-state index contributed by atoms with van der Waals surface area (Å²) in [5, 5.41) is 5.88. The van der Waals surface area contributed by atoms with Gasteiger partial charge in [-0.3, -0.25) is 9.59 Å². The van der Waals surface area contributed by atoms with Crippen molar-refractivity contribution in [2.24, 2.45) is 0 Å². The Hall–Kier alpha value is -2.40. The average molecular weight is 416 g/mol. The van der Waals surface area contributed by atoms with E-state index in [0.29, 0.717) is 29.7 Å². The van der Waals surface area contributed by atoms with Gasteiger partial charge in [0.1, 0.15) is 11.8 Å². The number of thiazole rings is 1. The van der Waals surface area contributed by atoms with E-state index in [1.54, 1.807) is 4.90 Å². The van der Waals surface area contributed by atoms with Gasteiger partial charge in [-0.05, 0) is 31.5 Å². The molecular weight excluding hydrogens is 397 g/mol. The number of likely N-dealkylation sites (tertiary alicyclic amines) is 1. The number of anilines is 1. The number of rotatable bonds is 6. The first-order valence-electron chi connectivity index (χ1n) is 8.74. The third-order valence-electron chi connectivity index (χ3n) is 4.23. The quantitative estimate of drug-likeness (QED) is 0.757. The number of hydrogen-bond donors (Lipinski definition) is 2. The zero-order chi connectivity index (χ0) is 20.3. The van der Waals surface area contributed by atoms with E-state index >= 15 is 0 Å². The molecule has 1 aliphatic rings. The van der Waals surface area contributed by atoms with Crippen molar-refractivity contribution in [2.75, 3.05) is 25.0 Å². The summed E-state index contributed by atoms with van der Waals surface area (Å²) in [6.45, 7) is 3.23. The Morgan fingerprint density at radius 1 is 1.39 bits per heavy atom. The van der Waals surface area contributed by atoms with Crippen molar-refractivity contribution in [3.8, 4) is 5.75 Å². The number of aromatic nitrogens is 1. The molecule has 0 bridgehead atoms. The normalized spacial score (nSPS) is 17.1. The second-order valence-corrected chi connectivity index (χ2v) is 7.24. The second kappa shape index (κ2) is 8.31. The van der Waals surface area contributed by atoms with Gasteiger partial charge < -0.3 is 20.3 Å². The molecule has 0 radical (unpaired) electrons. The van der Waals surface area contributed by atoms with E-state index in [2.05, 4.69) is 20.4 Å². The molecule has 2 amide bonds. The molecule has 0 aliphatic carbocycles. The number of nitrogens with one attached hydrogen (secondary N) is 2. The first-order valence-corrected chi connectivity index (χ1v) is 9.56. The number of ether oxygens (including phenoxy) is 1. The molecule has 1 fully saturated rings. The van der Waals surface area contributed by atoms with Crippen LogP contribution < -0.4 is 15.4 Å². The van der Waals surface area contributed by atoms with Crippen LogP contribution in [-0.2, 0) is 9.59 Å². The molecule has 1 aliphatic heterocycles. The third kappa shape index (κ3) is 4.90. The number of benzene rings is 1. The molecule has 11 heteroatoms. The Balaban J connectivity index is 1.69. The van der Waals surface area contributed by atoms with Crippen LogP contribution >= 0.6 is 11.3 Å². The van der Waals surface area contributed by atoms with Crippen molar-refractivity contribution in [1.82, 2.24) is 15.2 Å². The van der Waals surface area contributed by atoms with Gasteiger partial charge in [-0.25, -0.2) is 4.98 Å². The highest BCUT2D eigenvalue weighted by molar-refractivity contribution is 7.22. The topological polar surface area (TPSA) is 83.6 Å². The first kappa shape index (κ1) is 20.3. The standard InChI is InChI=1S/C17H19F3N4O3S/c1-2-21-9-14(25)24-7-3-4-12(24)15(26)23-16-22-11-6-5-10(8-13(11)28-16)27-17(18,19)20/h5-6,8,12,21H,2-4,7,9H2,1H3,(H,22,23,26). The van der Waals surface area contributed by atoms with E-state index in [0.717, 1.165) is 17.8 Å². The molecule has 2 aromatic rings. The molecule has 152 valence electrons. The Bertz CT molecular complexity index is 871. The Kier molecular flexibility index (Phi) is 6.04. The number of carbonyl (C=O) groups excluding carboxylic acids is 2. The van der Waals surface area contributed by atoms with Gasteiger partial charge in [-0.15, -0.1) is 13.2 Å². The summed E-state index contributed by atoms with van der Waals surface area (Å²) in [4.78, 5) is 30.6. The molecule has 3 rings (SSSR count). The van der Waals surface area contributed by atoms with E-state index in [9.17, 15) is 22.8 Å². The summed E-state index contributed by atoms with van der Waals surface area (Å²) in [6.07, 6.45) is -3.49. The van der Waals surface area contributed by atoms with Gasteiger partial charge in [0.25, 0.3) is 0 Å². The Labute approximate surface area is 162 Å². The molecule has 0 saturated carbocycles. The SMILES string of the molecule is CCNCC(=O)N1CCCC1C(=O)Nc1nc2ccc(OC(F)(F)F)cc2s1. The number of alkyl halides is 3. The molecule has 1 aromatic carbocycles. The second-order valence-electron chi connectivity index (χ2n) is 6.21. The lowest BCUT2D eigenvalue weighted by molar-refractivity contribution is -0.274. The van der Waals surface area contributed by atoms with Gasteiger partial charge in [0.05, 0.1) is 16.8 Å². The maximum Gasteiger partial charge on any atom is 0.573 e. The van der Waals surface area contributed by atoms with Gasteiger partial charge in [-0.2, -0.15) is 0 Å². The molecule has 2 heterocycles. The first-order chi connectivity index (χ1) is 13.3. The lowest BCUT2D eigenvalue weighted by Gasteiger charge is -2.23. The number of carbonyl (C=O) groups is 2. The molecular formula is C17H19F3N4O3S. The summed E-state index contributed by atoms with van der Waals surface area (Å²) >= 11 is 1.04. The van der Waals surface area contributed by atoms with Crippen LogP contribution in [0, 0.1) is 0 Å². The molecule has 2 N–H and O–H groups in total. The average Bonchev–Trinajstić information content (AvgIpc) is 3.24. The number of fused-ring (bicyclic) bond motifs is 1. The fourth-order valence-electron chi connectivity index (χ4n) is 3.02. The Morgan fingerprint density at radius 3 is 2.89 bits per heavy atom. The highest BCUT2D eigenvalue weighted by Crippen LogP contribution is 2.32. The summed E-state index contributed by atoms with van der Waals surface area (Å²) in [7, 11) is 0. The smallest absolute Gasteiger partial charge is 0.406 e. The summed E-state index contributed by atoms with van der Waals surface area (Å²) in [6, 6.07) is 3.20. The number of nitrogens with zero attached hydrogens (tertiary/aromatic N) is 2. The molecule has 1 unspecified atom stereocenters. The molecule has 1 atom stereocenters. The van der Waals surface area contributed by atoms with E-state index in [-0.39, 0.29) is 29.2 Å². The molecule has 1 aromatic heterocycles. The van der Waals surface area contributed by atoms with Crippen LogP contribution in [0.4, 0.5) is 18.3 Å². The van der Waals surface area contributed by atoms with Crippen LogP contribution in [0.2, 0.25) is 0 Å². The molecule has 1 saturated heterocycles. The minimum Gasteiger partial charge on any atom is -0.406 e. The van der Waals surface area contributed by atoms with Crippen molar-refractivity contribution in [2.45, 2.75) is 32.2 Å². The summed E-state index contributed by atoms with van der Waals surface area (Å²) in [5.74, 6) is -0.844. The highest BCUT2D eigenvalue weighted by Gasteiger charge is 2.34. The van der Waals surface area contributed by atoms with Gasteiger partial charge >= 0.3 is 6.36 Å². The van der Waals surface area contributed by atoms with Crippen LogP contribution in [0.1, 0.15) is 19.8 Å². The van der Waals surface area contributed by atoms with E-state index in [1.165, 1.54) is 18.2 Å². The van der Waals surface area contributed by atoms with Crippen LogP contribution in [0.5, 0.6) is 5.75 Å². The van der Waals surface area contributed by atoms with Crippen molar-refractivity contribution >= 4 is 38.5 Å². The number of likely N-dealkylation sites (N-methyl/N-ethyl adjacent to an activating group) is 1. The van der Waals surface area contributed by atoms with Crippen molar-refractivity contribution in [3.63, 3.8) is 0 Å². The van der Waals surface area contributed by atoms with Crippen molar-refractivity contribution in [1.29, 1.82) is 0 Å². The van der Waals surface area contributed by atoms with Gasteiger partial charge in [0, 0.05) is 12.6 Å². The van der Waals surface area contributed by atoms with Crippen molar-refractivity contribution in [3.05, 3.63) is 18.2 Å². The van der Waals surface area contributed by atoms with E-state index in [1.807, 2.05) is 6.92 Å². The minimum atomic E-state index is -4.78. The lowest BCUT2D eigenvalue weighted by atomic mass is 10.2. The molecule has 28 heavy (non-hydrogen) atoms. The third-order valence-corrected chi connectivity index (χ3v) is 5.16. The predicted molar refractivity (Wildman–Crippen MR) is 98.2 cm³/mol. The largest absolute Gasteiger partial charge is 0.573 e. The summed E-state index contributed by atoms with van der Waals surface area (Å²) in [5.41, 5.74) is 0.446. The fourth-order valence-corrected chi connectivity index (χ4v) is 3.91. The zero-order valence-corrected chi connectivity index (χ0v) is 15.8. The monoisotopic (exact) mass is 416 g/mol. The van der Waals surface area contributed by atoms with Crippen LogP contribution in [0.3, 0.4) is 0 Å². The minimum absolute atomic E-state index is 0.141. The van der Waals surface area contributed by atoms with Crippen molar-refractivity contribution < 1.29 is 27.5 Å². The fraction of sp³-hybridized carbons (Fsp3) is 0.471. The van der Waals surface area contributed by atoms with Gasteiger partial charge in [0.2, 0.25) is 11.8 Å². The van der Waals surface area contributed by atoms with Crippen LogP contribution in [0.15, 0.2) is 18.2 Å². The van der Waals surface area contributed by atoms with Crippen LogP contribution in [-0.4, -0.2) is 53.7 Å². The summed E-state index contributed by atoms with van der Waals surface area (Å²) < 4.78 is 41.4. The highest BCUT2D eigenvalue weighted by atomic mass is 32.1. The maximum absolute atomic E-state index is 12.6. The van der Waals surface area contributed by atoms with Gasteiger partial charge in [-0.1, -0.05) is 18.3 Å². The van der Waals surface area contributed by atoms with E-state index in [4.69, 9.17) is 0 Å². The number of amides is 2. The van der Waals surface area contributed by atoms with Crippen LogP contribution in [0.25, 0.3) is 10.2 Å². The predicted octanol–water partition coefficient (Wildman–Crippen LogP) is 2.73. The zero-order valence-electron chi connectivity index (χ0n) is 15.0. The van der Waals surface area contributed by atoms with Gasteiger partial charge in [0.15, 0.2) is 5.13 Å². The van der Waals surface area contributed by atoms with E-state index < -0.39 is 12.4 Å². The molecule has 0 spiro atoms. The Morgan fingerprint density at radius 2 is 2.18 bits per heavy atom. The number of halogens is 3. The number of hydrogen-bond acceptors (Lipinski definition) is 6.